The number of nitrogens with zero attached hydrogens (tertiary/aromatic N) is 7. The molecule has 0 bridgehead atoms. The molecule has 66 heavy (non-hydrogen) atoms. The van der Waals surface area contributed by atoms with E-state index in [2.05, 4.69) is 15.0 Å². The molecule has 4 heterocycles. The Kier molecular flexibility index (Phi) is 13.9. The van der Waals surface area contributed by atoms with Crippen molar-refractivity contribution in [1.82, 2.24) is 24.8 Å². The Morgan fingerprint density at radius 2 is 1.53 bits per heavy atom. The van der Waals surface area contributed by atoms with E-state index in [0.29, 0.717) is 30.9 Å². The number of carbonyl (C=O) groups is 2. The van der Waals surface area contributed by atoms with Crippen LogP contribution in [0.2, 0.25) is 5.02 Å². The molecular weight excluding hydrogens is 886 g/mol. The van der Waals surface area contributed by atoms with E-state index in [4.69, 9.17) is 30.5 Å². The number of hydrogen-bond donors (Lipinski definition) is 1. The van der Waals surface area contributed by atoms with Crippen LogP contribution >= 0.6 is 11.6 Å². The summed E-state index contributed by atoms with van der Waals surface area (Å²) in [6.07, 6.45) is -5.40. The maximum absolute atomic E-state index is 17.7. The standard InChI is InChI=1S/C47H52ClF4N7O7/c1-27-21-36(57(24-29-10-14-32(63-6)15-11-29)25-30-12-16-33(64-7)17-13-30)53-41(38(27)47(50,51)52)37-35(48)22-34-40(39(37)49)54-43(55-42(34)58-20-19-56(44(60)61)23-28(58)2)65-26-31-9-8-18-59(31)45(62)66-46(3,4)5/h10-17,21-22,28,31H,8-9,18-20,23-26H2,1-7H3,(H,60,61)/t28-,31?/m0/s1. The van der Waals surface area contributed by atoms with Crippen molar-refractivity contribution in [2.24, 2.45) is 0 Å². The number of alkyl halides is 3. The number of likely N-dealkylation sites (tertiary alicyclic amines) is 1. The number of aromatic nitrogens is 3. The molecule has 1 N–H and O–H groups in total. The molecule has 0 radical (unpaired) electrons. The molecule has 352 valence electrons. The van der Waals surface area contributed by atoms with Crippen molar-refractivity contribution in [3.63, 3.8) is 0 Å². The van der Waals surface area contributed by atoms with E-state index in [0.717, 1.165) is 11.1 Å². The van der Waals surface area contributed by atoms with Crippen LogP contribution < -0.4 is 24.0 Å². The lowest BCUT2D eigenvalue weighted by molar-refractivity contribution is -0.137. The van der Waals surface area contributed by atoms with Gasteiger partial charge in [0.05, 0.1) is 42.1 Å². The van der Waals surface area contributed by atoms with Gasteiger partial charge in [0.1, 0.15) is 40.9 Å². The molecule has 0 aliphatic carbocycles. The van der Waals surface area contributed by atoms with E-state index in [1.165, 1.54) is 24.0 Å². The molecular formula is C47H52ClF4N7O7. The smallest absolute Gasteiger partial charge is 0.418 e. The Morgan fingerprint density at radius 1 is 0.909 bits per heavy atom. The maximum Gasteiger partial charge on any atom is 0.418 e. The lowest BCUT2D eigenvalue weighted by Gasteiger charge is -2.39. The average molecular weight is 938 g/mol. The lowest BCUT2D eigenvalue weighted by Crippen LogP contribution is -2.53. The number of carbonyl (C=O) groups excluding carboxylic acids is 1. The topological polar surface area (TPSA) is 143 Å². The third-order valence-corrected chi connectivity index (χ3v) is 11.8. The van der Waals surface area contributed by atoms with E-state index in [-0.39, 0.29) is 72.9 Å². The number of anilines is 2. The summed E-state index contributed by atoms with van der Waals surface area (Å²) in [5.41, 5.74) is -2.36. The van der Waals surface area contributed by atoms with Crippen LogP contribution in [0.25, 0.3) is 22.2 Å². The van der Waals surface area contributed by atoms with Gasteiger partial charge >= 0.3 is 24.4 Å². The Hall–Kier alpha value is -6.30. The van der Waals surface area contributed by atoms with Gasteiger partial charge in [-0.25, -0.2) is 19.0 Å². The SMILES string of the molecule is COc1ccc(CN(Cc2ccc(OC)cc2)c2cc(C)c(C(F)(F)F)c(-c3c(Cl)cc4c(N5CCN(C(=O)O)C[C@@H]5C)nc(OCC5CCCN5C(=O)OC(C)(C)C)nc4c3F)n2)cc1. The van der Waals surface area contributed by atoms with Crippen LogP contribution in [0.1, 0.15) is 62.8 Å². The number of rotatable bonds is 12. The zero-order valence-corrected chi connectivity index (χ0v) is 38.5. The molecule has 14 nitrogen and oxygen atoms in total. The van der Waals surface area contributed by atoms with Crippen LogP contribution in [0.4, 0.5) is 38.8 Å². The monoisotopic (exact) mass is 937 g/mol. The van der Waals surface area contributed by atoms with Crippen LogP contribution in [0, 0.1) is 12.7 Å². The number of pyridine rings is 1. The van der Waals surface area contributed by atoms with Gasteiger partial charge in [-0.2, -0.15) is 23.1 Å². The molecule has 2 amide bonds. The number of hydrogen-bond acceptors (Lipinski definition) is 11. The van der Waals surface area contributed by atoms with Gasteiger partial charge in [-0.1, -0.05) is 35.9 Å². The molecule has 1 unspecified atom stereocenters. The Balaban J connectivity index is 1.37. The predicted octanol–water partition coefficient (Wildman–Crippen LogP) is 10.0. The van der Waals surface area contributed by atoms with Gasteiger partial charge in [0, 0.05) is 50.7 Å². The fraction of sp³-hybridized carbons (Fsp3) is 0.426. The quantitative estimate of drug-likeness (QED) is 0.119. The molecule has 2 atom stereocenters. The number of methoxy groups -OCH3 is 2. The number of piperazine rings is 1. The van der Waals surface area contributed by atoms with Gasteiger partial charge in [-0.15, -0.1) is 0 Å². The highest BCUT2D eigenvalue weighted by Gasteiger charge is 2.40. The number of ether oxygens (including phenoxy) is 4. The van der Waals surface area contributed by atoms with Crippen LogP contribution in [-0.4, -0.2) is 107 Å². The summed E-state index contributed by atoms with van der Waals surface area (Å²) in [6.45, 7) is 9.32. The minimum Gasteiger partial charge on any atom is -0.497 e. The molecule has 2 fully saturated rings. The summed E-state index contributed by atoms with van der Waals surface area (Å²) in [5, 5.41) is 9.41. The van der Waals surface area contributed by atoms with Gasteiger partial charge in [-0.3, -0.25) is 0 Å². The first-order valence-electron chi connectivity index (χ1n) is 21.4. The predicted molar refractivity (Wildman–Crippen MR) is 241 cm³/mol. The maximum atomic E-state index is 17.7. The third-order valence-electron chi connectivity index (χ3n) is 11.5. The first kappa shape index (κ1) is 47.7. The van der Waals surface area contributed by atoms with Crippen LogP contribution in [0.15, 0.2) is 60.7 Å². The number of fused-ring (bicyclic) bond motifs is 1. The van der Waals surface area contributed by atoms with Crippen molar-refractivity contribution in [1.29, 1.82) is 0 Å². The number of benzene rings is 3. The minimum atomic E-state index is -5.00. The highest BCUT2D eigenvalue weighted by Crippen LogP contribution is 2.46. The number of carboxylic acid groups (broad SMARTS) is 1. The third kappa shape index (κ3) is 10.5. The first-order valence-corrected chi connectivity index (χ1v) is 21.8. The molecule has 2 aliphatic heterocycles. The molecule has 2 aromatic heterocycles. The van der Waals surface area contributed by atoms with Crippen molar-refractivity contribution in [3.05, 3.63) is 93.8 Å². The zero-order chi connectivity index (χ0) is 47.7. The molecule has 5 aromatic rings. The van der Waals surface area contributed by atoms with Crippen LogP contribution in [0.3, 0.4) is 0 Å². The summed E-state index contributed by atoms with van der Waals surface area (Å²) in [7, 11) is 3.08. The van der Waals surface area contributed by atoms with Crippen LogP contribution in [0.5, 0.6) is 17.5 Å². The summed E-state index contributed by atoms with van der Waals surface area (Å²) in [6, 6.07) is 15.8. The van der Waals surface area contributed by atoms with Crippen molar-refractivity contribution < 1.29 is 51.2 Å². The van der Waals surface area contributed by atoms with Crippen molar-refractivity contribution in [2.45, 2.75) is 84.4 Å². The molecule has 19 heteroatoms. The number of amides is 2. The second-order valence-corrected chi connectivity index (χ2v) is 17.8. The van der Waals surface area contributed by atoms with E-state index >= 15 is 17.6 Å². The number of aryl methyl sites for hydroxylation is 1. The highest BCUT2D eigenvalue weighted by atomic mass is 35.5. The van der Waals surface area contributed by atoms with Gasteiger partial charge in [0.15, 0.2) is 5.82 Å². The lowest BCUT2D eigenvalue weighted by atomic mass is 9.98. The van der Waals surface area contributed by atoms with Crippen LogP contribution in [-0.2, 0) is 24.0 Å². The summed E-state index contributed by atoms with van der Waals surface area (Å²) in [4.78, 5) is 45.1. The normalized spacial score (nSPS) is 16.7. The highest BCUT2D eigenvalue weighted by molar-refractivity contribution is 6.34. The van der Waals surface area contributed by atoms with E-state index in [9.17, 15) is 14.7 Å². The fourth-order valence-electron chi connectivity index (χ4n) is 8.32. The van der Waals surface area contributed by atoms with Crippen molar-refractivity contribution in [2.75, 3.05) is 56.8 Å². The average Bonchev–Trinajstić information content (AvgIpc) is 3.74. The fourth-order valence-corrected chi connectivity index (χ4v) is 8.61. The molecule has 7 rings (SSSR count). The zero-order valence-electron chi connectivity index (χ0n) is 37.7. The molecule has 3 aromatic carbocycles. The molecule has 2 saturated heterocycles. The second-order valence-electron chi connectivity index (χ2n) is 17.4. The number of halogens is 5. The van der Waals surface area contributed by atoms with Crippen molar-refractivity contribution in [3.8, 4) is 28.8 Å². The Bertz CT molecular complexity index is 2530. The Labute approximate surface area is 385 Å². The first-order chi connectivity index (χ1) is 31.2. The molecule has 0 spiro atoms. The summed E-state index contributed by atoms with van der Waals surface area (Å²) in [5.74, 6) is 0.277. The van der Waals surface area contributed by atoms with E-state index < -0.39 is 64.2 Å². The molecule has 0 saturated carbocycles. The van der Waals surface area contributed by atoms with Gasteiger partial charge in [-0.05, 0) is 101 Å². The van der Waals surface area contributed by atoms with Gasteiger partial charge < -0.3 is 43.7 Å². The van der Waals surface area contributed by atoms with E-state index in [1.807, 2.05) is 24.3 Å². The molecule has 2 aliphatic rings. The largest absolute Gasteiger partial charge is 0.497 e. The summed E-state index contributed by atoms with van der Waals surface area (Å²) < 4.78 is 86.0. The van der Waals surface area contributed by atoms with E-state index in [1.54, 1.807) is 80.9 Å². The van der Waals surface area contributed by atoms with Gasteiger partial charge in [0.25, 0.3) is 0 Å². The minimum absolute atomic E-state index is 0.0579. The Morgan fingerprint density at radius 3 is 2.08 bits per heavy atom. The second kappa shape index (κ2) is 19.3. The van der Waals surface area contributed by atoms with Gasteiger partial charge in [0.2, 0.25) is 0 Å². The van der Waals surface area contributed by atoms with Crippen molar-refractivity contribution >= 4 is 46.3 Å². The summed E-state index contributed by atoms with van der Waals surface area (Å²) >= 11 is 6.93.